The van der Waals surface area contributed by atoms with E-state index in [9.17, 15) is 14.7 Å². The van der Waals surface area contributed by atoms with Crippen LogP contribution in [-0.2, 0) is 9.59 Å². The van der Waals surface area contributed by atoms with Crippen LogP contribution < -0.4 is 10.6 Å². The SMILES string of the molecule is Cl.O=C(Nc1ccc(O)cc1)C1CCN(C(=O)[C@@]23CCCC[C@H]2CNC3)CC1. The molecule has 3 N–H and O–H groups in total. The van der Waals surface area contributed by atoms with Gasteiger partial charge >= 0.3 is 0 Å². The second kappa shape index (κ2) is 8.70. The van der Waals surface area contributed by atoms with Crippen LogP contribution in [0, 0.1) is 17.3 Å². The average molecular weight is 408 g/mol. The molecule has 0 radical (unpaired) electrons. The van der Waals surface area contributed by atoms with Gasteiger partial charge in [-0.2, -0.15) is 0 Å². The number of fused-ring (bicyclic) bond motifs is 1. The van der Waals surface area contributed by atoms with Crippen molar-refractivity contribution in [3.05, 3.63) is 24.3 Å². The molecule has 154 valence electrons. The number of aromatic hydroxyl groups is 1. The zero-order chi connectivity index (χ0) is 18.9. The van der Waals surface area contributed by atoms with Crippen molar-refractivity contribution in [3.63, 3.8) is 0 Å². The number of halogens is 1. The van der Waals surface area contributed by atoms with Gasteiger partial charge in [0, 0.05) is 31.2 Å². The van der Waals surface area contributed by atoms with Crippen molar-refractivity contribution in [1.29, 1.82) is 0 Å². The highest BCUT2D eigenvalue weighted by Crippen LogP contribution is 2.45. The van der Waals surface area contributed by atoms with E-state index >= 15 is 0 Å². The maximum absolute atomic E-state index is 13.3. The number of carbonyl (C=O) groups excluding carboxylic acids is 2. The van der Waals surface area contributed by atoms with Crippen LogP contribution >= 0.6 is 12.4 Å². The lowest BCUT2D eigenvalue weighted by molar-refractivity contribution is -0.147. The fraction of sp³-hybridized carbons (Fsp3) is 0.619. The van der Waals surface area contributed by atoms with Crippen molar-refractivity contribution >= 4 is 29.9 Å². The summed E-state index contributed by atoms with van der Waals surface area (Å²) in [6.45, 7) is 3.12. The smallest absolute Gasteiger partial charge is 0.230 e. The summed E-state index contributed by atoms with van der Waals surface area (Å²) in [5, 5.41) is 15.7. The van der Waals surface area contributed by atoms with Gasteiger partial charge < -0.3 is 20.6 Å². The number of anilines is 1. The highest BCUT2D eigenvalue weighted by molar-refractivity contribution is 5.93. The third-order valence-corrected chi connectivity index (χ3v) is 6.75. The van der Waals surface area contributed by atoms with Gasteiger partial charge in [0.25, 0.3) is 0 Å². The summed E-state index contributed by atoms with van der Waals surface area (Å²) in [5.41, 5.74) is 0.497. The van der Waals surface area contributed by atoms with Gasteiger partial charge in [-0.25, -0.2) is 0 Å². The monoisotopic (exact) mass is 407 g/mol. The molecule has 2 saturated heterocycles. The molecule has 2 aliphatic heterocycles. The van der Waals surface area contributed by atoms with Crippen molar-refractivity contribution in [3.8, 4) is 5.75 Å². The molecule has 1 saturated carbocycles. The molecule has 2 amide bonds. The molecule has 0 aromatic heterocycles. The third kappa shape index (κ3) is 3.98. The van der Waals surface area contributed by atoms with E-state index in [0.717, 1.165) is 32.4 Å². The number of rotatable bonds is 3. The molecule has 3 fully saturated rings. The van der Waals surface area contributed by atoms with Gasteiger partial charge in [-0.15, -0.1) is 12.4 Å². The maximum atomic E-state index is 13.3. The molecule has 0 bridgehead atoms. The zero-order valence-electron chi connectivity index (χ0n) is 16.2. The van der Waals surface area contributed by atoms with Crippen LogP contribution in [0.15, 0.2) is 24.3 Å². The summed E-state index contributed by atoms with van der Waals surface area (Å²) in [6.07, 6.45) is 5.97. The molecule has 1 aromatic rings. The molecule has 0 spiro atoms. The molecule has 6 nitrogen and oxygen atoms in total. The second-order valence-electron chi connectivity index (χ2n) is 8.33. The van der Waals surface area contributed by atoms with Gasteiger partial charge in [0.1, 0.15) is 5.75 Å². The number of amides is 2. The van der Waals surface area contributed by atoms with Crippen molar-refractivity contribution in [2.45, 2.75) is 38.5 Å². The minimum absolute atomic E-state index is 0. The van der Waals surface area contributed by atoms with E-state index in [1.165, 1.54) is 6.42 Å². The number of hydrogen-bond donors (Lipinski definition) is 3. The number of likely N-dealkylation sites (tertiary alicyclic amines) is 1. The Bertz CT molecular complexity index is 703. The highest BCUT2D eigenvalue weighted by atomic mass is 35.5. The number of benzene rings is 1. The molecule has 1 aromatic carbocycles. The Balaban J connectivity index is 0.00000225. The van der Waals surface area contributed by atoms with Crippen LogP contribution in [-0.4, -0.2) is 48.0 Å². The summed E-state index contributed by atoms with van der Waals surface area (Å²) in [7, 11) is 0. The molecule has 0 unspecified atom stereocenters. The van der Waals surface area contributed by atoms with Crippen LogP contribution in [0.25, 0.3) is 0 Å². The summed E-state index contributed by atoms with van der Waals surface area (Å²) in [5.74, 6) is 0.915. The molecule has 4 rings (SSSR count). The van der Waals surface area contributed by atoms with Crippen molar-refractivity contribution in [2.24, 2.45) is 17.3 Å². The Hall–Kier alpha value is -1.79. The molecule has 7 heteroatoms. The summed E-state index contributed by atoms with van der Waals surface area (Å²) < 4.78 is 0. The number of phenols is 1. The fourth-order valence-corrected chi connectivity index (χ4v) is 5.12. The summed E-state index contributed by atoms with van der Waals surface area (Å²) in [6, 6.07) is 6.52. The molecule has 3 aliphatic rings. The normalized spacial score (nSPS) is 27.6. The Morgan fingerprint density at radius 3 is 2.54 bits per heavy atom. The fourth-order valence-electron chi connectivity index (χ4n) is 5.12. The number of piperidine rings is 1. The Kier molecular flexibility index (Phi) is 6.50. The molecule has 1 aliphatic carbocycles. The van der Waals surface area contributed by atoms with E-state index in [-0.39, 0.29) is 35.4 Å². The van der Waals surface area contributed by atoms with Crippen LogP contribution in [0.4, 0.5) is 5.69 Å². The first-order chi connectivity index (χ1) is 13.1. The van der Waals surface area contributed by atoms with Crippen LogP contribution in [0.3, 0.4) is 0 Å². The molecule has 28 heavy (non-hydrogen) atoms. The minimum Gasteiger partial charge on any atom is -0.508 e. The van der Waals surface area contributed by atoms with Gasteiger partial charge in [0.05, 0.1) is 5.41 Å². The first-order valence-electron chi connectivity index (χ1n) is 10.2. The highest BCUT2D eigenvalue weighted by Gasteiger charge is 2.51. The summed E-state index contributed by atoms with van der Waals surface area (Å²) in [4.78, 5) is 27.9. The van der Waals surface area contributed by atoms with Crippen LogP contribution in [0.2, 0.25) is 0 Å². The average Bonchev–Trinajstić information content (AvgIpc) is 3.14. The molecule has 2 atom stereocenters. The number of nitrogens with zero attached hydrogens (tertiary/aromatic N) is 1. The largest absolute Gasteiger partial charge is 0.508 e. The van der Waals surface area contributed by atoms with E-state index in [4.69, 9.17) is 0 Å². The van der Waals surface area contributed by atoms with E-state index in [0.29, 0.717) is 43.4 Å². The lowest BCUT2D eigenvalue weighted by atomic mass is 9.67. The maximum Gasteiger partial charge on any atom is 0.230 e. The topological polar surface area (TPSA) is 81.7 Å². The third-order valence-electron chi connectivity index (χ3n) is 6.75. The van der Waals surface area contributed by atoms with E-state index < -0.39 is 0 Å². The predicted octanol–water partition coefficient (Wildman–Crippen LogP) is 2.77. The number of nitrogens with one attached hydrogen (secondary N) is 2. The lowest BCUT2D eigenvalue weighted by Crippen LogP contribution is -2.52. The van der Waals surface area contributed by atoms with Gasteiger partial charge in [-0.3, -0.25) is 9.59 Å². The van der Waals surface area contributed by atoms with E-state index in [1.54, 1.807) is 24.3 Å². The number of carbonyl (C=O) groups is 2. The van der Waals surface area contributed by atoms with E-state index in [1.807, 2.05) is 4.90 Å². The number of hydrogen-bond acceptors (Lipinski definition) is 4. The van der Waals surface area contributed by atoms with Crippen LogP contribution in [0.1, 0.15) is 38.5 Å². The first-order valence-corrected chi connectivity index (χ1v) is 10.2. The molecule has 2 heterocycles. The van der Waals surface area contributed by atoms with Crippen molar-refractivity contribution in [2.75, 3.05) is 31.5 Å². The van der Waals surface area contributed by atoms with Crippen LogP contribution in [0.5, 0.6) is 5.75 Å². The Labute approximate surface area is 172 Å². The molecular weight excluding hydrogens is 378 g/mol. The molecular formula is C21H30ClN3O3. The Morgan fingerprint density at radius 2 is 1.82 bits per heavy atom. The lowest BCUT2D eigenvalue weighted by Gasteiger charge is -2.42. The second-order valence-corrected chi connectivity index (χ2v) is 8.33. The van der Waals surface area contributed by atoms with Gasteiger partial charge in [-0.05, 0) is 62.4 Å². The van der Waals surface area contributed by atoms with Crippen molar-refractivity contribution < 1.29 is 14.7 Å². The summed E-state index contributed by atoms with van der Waals surface area (Å²) >= 11 is 0. The standard InChI is InChI=1S/C21H29N3O3.ClH/c25-18-6-4-17(5-7-18)23-19(26)15-8-11-24(12-9-15)20(27)21-10-2-1-3-16(21)13-22-14-21;/h4-7,15-16,22,25H,1-3,8-14H2,(H,23,26);1H/t16-,21+;/m0./s1. The van der Waals surface area contributed by atoms with Gasteiger partial charge in [0.15, 0.2) is 0 Å². The van der Waals surface area contributed by atoms with Crippen molar-refractivity contribution in [1.82, 2.24) is 10.2 Å². The number of phenolic OH excluding ortho intramolecular Hbond substituents is 1. The van der Waals surface area contributed by atoms with Gasteiger partial charge in [-0.1, -0.05) is 12.8 Å². The first kappa shape index (κ1) is 20.9. The zero-order valence-corrected chi connectivity index (χ0v) is 17.0. The van der Waals surface area contributed by atoms with E-state index in [2.05, 4.69) is 10.6 Å². The van der Waals surface area contributed by atoms with Gasteiger partial charge in [0.2, 0.25) is 11.8 Å². The quantitative estimate of drug-likeness (QED) is 0.673. The Morgan fingerprint density at radius 1 is 1.11 bits per heavy atom. The predicted molar refractivity (Wildman–Crippen MR) is 111 cm³/mol. The minimum atomic E-state index is -0.195.